The average Bonchev–Trinajstić information content (AvgIpc) is 2.62. The lowest BCUT2D eigenvalue weighted by Gasteiger charge is -1.99. The Morgan fingerprint density at radius 3 is 2.56 bits per heavy atom. The summed E-state index contributed by atoms with van der Waals surface area (Å²) in [5.74, 6) is 0.955. The first-order valence-electron chi connectivity index (χ1n) is 4.73. The molecular weight excluding hydrogens is 280 g/mol. The van der Waals surface area contributed by atoms with E-state index < -0.39 is 0 Å². The molecule has 0 fully saturated rings. The number of hydrogen-bond donors (Lipinski definition) is 0. The topological polar surface area (TPSA) is 17.1 Å². The van der Waals surface area contributed by atoms with Gasteiger partial charge in [-0.05, 0) is 22.3 Å². The Labute approximate surface area is 110 Å². The molecule has 5 heteroatoms. The van der Waals surface area contributed by atoms with Crippen LogP contribution in [0.25, 0.3) is 0 Å². The Kier molecular flexibility index (Phi) is 4.46. The van der Waals surface area contributed by atoms with E-state index in [0.29, 0.717) is 5.02 Å². The van der Waals surface area contributed by atoms with Gasteiger partial charge in [0, 0.05) is 5.75 Å². The Morgan fingerprint density at radius 2 is 1.94 bits per heavy atom. The summed E-state index contributed by atoms with van der Waals surface area (Å²) in [4.78, 5) is 11.2. The molecule has 0 saturated carbocycles. The van der Waals surface area contributed by atoms with Gasteiger partial charge in [-0.3, -0.25) is 4.79 Å². The minimum absolute atomic E-state index is 0.0196. The Balaban J connectivity index is 1.89. The van der Waals surface area contributed by atoms with Gasteiger partial charge in [-0.1, -0.05) is 52.3 Å². The zero-order chi connectivity index (χ0) is 11.4. The number of rotatable bonds is 4. The van der Waals surface area contributed by atoms with Crippen LogP contribution in [0.5, 0.6) is 0 Å². The highest BCUT2D eigenvalue weighted by molar-refractivity contribution is 8.02. The average molecular weight is 289 g/mol. The van der Waals surface area contributed by atoms with Gasteiger partial charge >= 0.3 is 0 Å². The van der Waals surface area contributed by atoms with Crippen molar-refractivity contribution in [2.24, 2.45) is 0 Å². The van der Waals surface area contributed by atoms with Crippen LogP contribution >= 0.6 is 44.0 Å². The van der Waals surface area contributed by atoms with Crippen LogP contribution in [-0.4, -0.2) is 5.75 Å². The molecule has 0 N–H and O–H groups in total. The third-order valence-corrected chi connectivity index (χ3v) is 6.51. The number of aryl methyl sites for hydroxylation is 1. The lowest BCUT2D eigenvalue weighted by Crippen LogP contribution is -1.89. The summed E-state index contributed by atoms with van der Waals surface area (Å²) < 4.78 is 0.932. The second-order valence-corrected chi connectivity index (χ2v) is 6.99. The first kappa shape index (κ1) is 12.2. The maximum Gasteiger partial charge on any atom is 0.262 e. The maximum atomic E-state index is 11.2. The van der Waals surface area contributed by atoms with E-state index in [2.05, 4.69) is 12.1 Å². The summed E-state index contributed by atoms with van der Waals surface area (Å²) >= 11 is 7.54. The summed E-state index contributed by atoms with van der Waals surface area (Å²) in [6.45, 7) is 0. The Bertz CT molecular complexity index is 503. The standard InChI is InChI=1S/C11H9ClOS3/c12-9-10(13)15-16-11(9)14-7-6-8-4-2-1-3-5-8/h1-5H,6-7H2. The molecule has 0 aliphatic carbocycles. The van der Waals surface area contributed by atoms with Gasteiger partial charge in [-0.15, -0.1) is 11.8 Å². The predicted molar refractivity (Wildman–Crippen MR) is 74.3 cm³/mol. The van der Waals surface area contributed by atoms with Crippen LogP contribution in [0.4, 0.5) is 0 Å². The normalized spacial score (nSPS) is 10.6. The number of thioether (sulfide) groups is 1. The minimum atomic E-state index is -0.0196. The summed E-state index contributed by atoms with van der Waals surface area (Å²) in [6.07, 6.45) is 0.999. The zero-order valence-electron chi connectivity index (χ0n) is 8.31. The largest absolute Gasteiger partial charge is 0.275 e. The molecule has 1 heterocycles. The molecule has 16 heavy (non-hydrogen) atoms. The van der Waals surface area contributed by atoms with Gasteiger partial charge in [0.1, 0.15) is 5.02 Å². The smallest absolute Gasteiger partial charge is 0.262 e. The van der Waals surface area contributed by atoms with E-state index in [1.807, 2.05) is 18.2 Å². The van der Waals surface area contributed by atoms with Crippen LogP contribution in [0.3, 0.4) is 0 Å². The lowest BCUT2D eigenvalue weighted by atomic mass is 10.2. The van der Waals surface area contributed by atoms with Crippen molar-refractivity contribution in [1.29, 1.82) is 0 Å². The van der Waals surface area contributed by atoms with E-state index in [0.717, 1.165) is 16.4 Å². The van der Waals surface area contributed by atoms with E-state index in [1.165, 1.54) is 26.2 Å². The predicted octanol–water partition coefficient (Wildman–Crippen LogP) is 4.16. The Morgan fingerprint density at radius 1 is 1.19 bits per heavy atom. The molecule has 2 rings (SSSR count). The van der Waals surface area contributed by atoms with Crippen molar-refractivity contribution in [2.75, 3.05) is 5.75 Å². The quantitative estimate of drug-likeness (QED) is 0.621. The second kappa shape index (κ2) is 5.87. The van der Waals surface area contributed by atoms with Crippen molar-refractivity contribution in [3.63, 3.8) is 0 Å². The second-order valence-electron chi connectivity index (χ2n) is 3.14. The molecule has 1 aromatic heterocycles. The highest BCUT2D eigenvalue weighted by atomic mass is 35.5. The molecule has 0 saturated heterocycles. The fourth-order valence-corrected chi connectivity index (χ4v) is 5.40. The van der Waals surface area contributed by atoms with E-state index in [1.54, 1.807) is 11.8 Å². The molecule has 0 unspecified atom stereocenters. The van der Waals surface area contributed by atoms with Crippen molar-refractivity contribution >= 4 is 44.0 Å². The highest BCUT2D eigenvalue weighted by Gasteiger charge is 2.08. The van der Waals surface area contributed by atoms with Gasteiger partial charge in [0.2, 0.25) is 0 Å². The summed E-state index contributed by atoms with van der Waals surface area (Å²) in [5, 5.41) is 0.396. The lowest BCUT2D eigenvalue weighted by molar-refractivity contribution is 1.16. The fourth-order valence-electron chi connectivity index (χ4n) is 1.23. The molecule has 0 aliphatic rings. The zero-order valence-corrected chi connectivity index (χ0v) is 11.5. The van der Waals surface area contributed by atoms with E-state index in [4.69, 9.17) is 11.6 Å². The summed E-state index contributed by atoms with van der Waals surface area (Å²) in [6, 6.07) is 10.3. The maximum absolute atomic E-state index is 11.2. The molecular formula is C11H9ClOS3. The molecule has 2 aromatic rings. The van der Waals surface area contributed by atoms with Crippen molar-refractivity contribution in [1.82, 2.24) is 0 Å². The molecule has 0 bridgehead atoms. The van der Waals surface area contributed by atoms with Crippen LogP contribution in [0.15, 0.2) is 39.3 Å². The van der Waals surface area contributed by atoms with Gasteiger partial charge in [0.05, 0.1) is 4.21 Å². The van der Waals surface area contributed by atoms with Gasteiger partial charge < -0.3 is 0 Å². The molecule has 0 radical (unpaired) electrons. The number of hydrogen-bond acceptors (Lipinski definition) is 4. The van der Waals surface area contributed by atoms with Crippen molar-refractivity contribution in [3.05, 3.63) is 50.5 Å². The van der Waals surface area contributed by atoms with Gasteiger partial charge in [0.15, 0.2) is 0 Å². The SMILES string of the molecule is O=c1ssc(SCCc2ccccc2)c1Cl. The van der Waals surface area contributed by atoms with E-state index in [-0.39, 0.29) is 4.74 Å². The number of halogens is 1. The van der Waals surface area contributed by atoms with Gasteiger partial charge in [-0.25, -0.2) is 0 Å². The third-order valence-electron chi connectivity index (χ3n) is 2.02. The highest BCUT2D eigenvalue weighted by Crippen LogP contribution is 2.32. The van der Waals surface area contributed by atoms with E-state index >= 15 is 0 Å². The summed E-state index contributed by atoms with van der Waals surface area (Å²) in [5.41, 5.74) is 1.31. The molecule has 1 aromatic carbocycles. The van der Waals surface area contributed by atoms with Crippen LogP contribution in [0.1, 0.15) is 5.56 Å². The molecule has 1 nitrogen and oxygen atoms in total. The van der Waals surface area contributed by atoms with Crippen molar-refractivity contribution in [3.8, 4) is 0 Å². The van der Waals surface area contributed by atoms with Crippen LogP contribution in [-0.2, 0) is 6.42 Å². The van der Waals surface area contributed by atoms with Crippen LogP contribution in [0.2, 0.25) is 5.02 Å². The first-order valence-corrected chi connectivity index (χ1v) is 8.24. The Hall–Kier alpha value is -0.290. The molecule has 0 atom stereocenters. The minimum Gasteiger partial charge on any atom is -0.275 e. The van der Waals surface area contributed by atoms with Crippen molar-refractivity contribution < 1.29 is 0 Å². The van der Waals surface area contributed by atoms with Gasteiger partial charge in [0.25, 0.3) is 4.74 Å². The molecule has 0 spiro atoms. The number of benzene rings is 1. The van der Waals surface area contributed by atoms with Crippen molar-refractivity contribution in [2.45, 2.75) is 10.6 Å². The first-order chi connectivity index (χ1) is 7.77. The molecule has 84 valence electrons. The fraction of sp³-hybridized carbons (Fsp3) is 0.182. The molecule has 0 amide bonds. The third kappa shape index (κ3) is 3.10. The van der Waals surface area contributed by atoms with Gasteiger partial charge in [-0.2, -0.15) is 0 Å². The monoisotopic (exact) mass is 288 g/mol. The molecule has 0 aliphatic heterocycles. The van der Waals surface area contributed by atoms with Crippen LogP contribution in [0, 0.1) is 0 Å². The summed E-state index contributed by atoms with van der Waals surface area (Å²) in [7, 11) is 2.68. The van der Waals surface area contributed by atoms with Crippen LogP contribution < -0.4 is 4.74 Å². The van der Waals surface area contributed by atoms with E-state index in [9.17, 15) is 4.79 Å².